The number of halogens is 1. The van der Waals surface area contributed by atoms with Gasteiger partial charge in [0.1, 0.15) is 16.5 Å². The molecule has 40 heavy (non-hydrogen) atoms. The van der Waals surface area contributed by atoms with Crippen LogP contribution in [0.15, 0.2) is 95.5 Å². The summed E-state index contributed by atoms with van der Waals surface area (Å²) in [6.45, 7) is 2.75. The highest BCUT2D eigenvalue weighted by Gasteiger charge is 2.25. The molecule has 0 radical (unpaired) electrons. The maximum atomic E-state index is 13.2. The van der Waals surface area contributed by atoms with Crippen LogP contribution in [0.1, 0.15) is 26.9 Å². The Hall–Kier alpha value is -3.66. The van der Waals surface area contributed by atoms with Crippen molar-refractivity contribution in [2.45, 2.75) is 17.3 Å². The van der Waals surface area contributed by atoms with Crippen molar-refractivity contribution in [2.75, 3.05) is 31.1 Å². The van der Waals surface area contributed by atoms with Crippen molar-refractivity contribution >= 4 is 46.3 Å². The predicted octanol–water partition coefficient (Wildman–Crippen LogP) is 6.22. The number of hydrogen-bond donors (Lipinski definition) is 0. The number of para-hydroxylation sites is 2. The summed E-state index contributed by atoms with van der Waals surface area (Å²) in [6, 6.07) is 28.3. The molecule has 202 valence electrons. The third kappa shape index (κ3) is 5.91. The highest BCUT2D eigenvalue weighted by molar-refractivity contribution is 7.98. The molecule has 1 aliphatic heterocycles. The second-order valence-electron chi connectivity index (χ2n) is 9.38. The van der Waals surface area contributed by atoms with Gasteiger partial charge < -0.3 is 9.80 Å². The summed E-state index contributed by atoms with van der Waals surface area (Å²) in [7, 11) is 0. The van der Waals surface area contributed by atoms with E-state index in [1.165, 1.54) is 16.9 Å². The minimum absolute atomic E-state index is 0.0242. The molecule has 5 aromatic rings. The van der Waals surface area contributed by atoms with E-state index < -0.39 is 0 Å². The number of hydrogen-bond acceptors (Lipinski definition) is 7. The molecule has 0 unspecified atom stereocenters. The Bertz CT molecular complexity index is 1580. The normalized spacial score (nSPS) is 13.5. The highest BCUT2D eigenvalue weighted by Crippen LogP contribution is 2.29. The van der Waals surface area contributed by atoms with Gasteiger partial charge in [-0.25, -0.2) is 4.98 Å². The Morgan fingerprint density at radius 2 is 1.57 bits per heavy atom. The first kappa shape index (κ1) is 26.6. The quantitative estimate of drug-likeness (QED) is 0.201. The molecular formula is C30H27ClN6OS2. The summed E-state index contributed by atoms with van der Waals surface area (Å²) in [5.41, 5.74) is 3.71. The largest absolute Gasteiger partial charge is 0.367 e. The molecule has 0 N–H and O–H groups in total. The van der Waals surface area contributed by atoms with Crippen LogP contribution in [0.3, 0.4) is 0 Å². The number of thioether (sulfide) groups is 1. The van der Waals surface area contributed by atoms with Crippen LogP contribution in [0.4, 0.5) is 5.69 Å². The number of thiazole rings is 1. The van der Waals surface area contributed by atoms with E-state index in [9.17, 15) is 4.79 Å². The van der Waals surface area contributed by atoms with Gasteiger partial charge in [-0.05, 0) is 29.8 Å². The van der Waals surface area contributed by atoms with E-state index in [0.717, 1.165) is 45.5 Å². The van der Waals surface area contributed by atoms with E-state index in [-0.39, 0.29) is 5.91 Å². The molecule has 0 saturated carbocycles. The predicted molar refractivity (Wildman–Crippen MR) is 162 cm³/mol. The number of carbonyl (C=O) groups excluding carboxylic acids is 1. The SMILES string of the molecule is O=C(c1csc(CSc2nnc(Cc3ccccc3)n2-c2ccccc2)n1)N1CCN(c2ccccc2Cl)CC1. The van der Waals surface area contributed by atoms with Crippen LogP contribution in [0.5, 0.6) is 0 Å². The molecular weight excluding hydrogens is 560 g/mol. The number of rotatable bonds is 8. The summed E-state index contributed by atoms with van der Waals surface area (Å²) < 4.78 is 2.11. The Morgan fingerprint density at radius 1 is 0.875 bits per heavy atom. The van der Waals surface area contributed by atoms with Gasteiger partial charge >= 0.3 is 0 Å². The van der Waals surface area contributed by atoms with Gasteiger partial charge in [-0.2, -0.15) is 0 Å². The summed E-state index contributed by atoms with van der Waals surface area (Å²) in [5.74, 6) is 1.46. The van der Waals surface area contributed by atoms with E-state index in [1.54, 1.807) is 11.8 Å². The van der Waals surface area contributed by atoms with Crippen LogP contribution in [0, 0.1) is 0 Å². The molecule has 1 amide bonds. The lowest BCUT2D eigenvalue weighted by Crippen LogP contribution is -2.49. The van der Waals surface area contributed by atoms with E-state index in [2.05, 4.69) is 48.9 Å². The summed E-state index contributed by atoms with van der Waals surface area (Å²) in [5, 5.41) is 13.3. The summed E-state index contributed by atoms with van der Waals surface area (Å²) in [4.78, 5) is 22.0. The second-order valence-corrected chi connectivity index (χ2v) is 11.7. The molecule has 10 heteroatoms. The first-order valence-electron chi connectivity index (χ1n) is 13.1. The number of nitrogens with zero attached hydrogens (tertiary/aromatic N) is 6. The number of carbonyl (C=O) groups is 1. The van der Waals surface area contributed by atoms with Gasteiger partial charge in [-0.3, -0.25) is 9.36 Å². The molecule has 0 atom stereocenters. The van der Waals surface area contributed by atoms with Gasteiger partial charge in [0.25, 0.3) is 5.91 Å². The van der Waals surface area contributed by atoms with Gasteiger partial charge in [-0.1, -0.05) is 84.0 Å². The average molecular weight is 587 g/mol. The van der Waals surface area contributed by atoms with E-state index in [4.69, 9.17) is 11.6 Å². The van der Waals surface area contributed by atoms with Crippen molar-refractivity contribution in [3.05, 3.63) is 117 Å². The van der Waals surface area contributed by atoms with Gasteiger partial charge in [0, 0.05) is 43.7 Å². The van der Waals surface area contributed by atoms with Gasteiger partial charge in [-0.15, -0.1) is 21.5 Å². The maximum Gasteiger partial charge on any atom is 0.273 e. The fourth-order valence-electron chi connectivity index (χ4n) is 4.75. The van der Waals surface area contributed by atoms with Crippen molar-refractivity contribution in [2.24, 2.45) is 0 Å². The molecule has 7 nitrogen and oxygen atoms in total. The highest BCUT2D eigenvalue weighted by atomic mass is 35.5. The Balaban J connectivity index is 1.12. The lowest BCUT2D eigenvalue weighted by molar-refractivity contribution is 0.0741. The molecule has 0 aliphatic carbocycles. The van der Waals surface area contributed by atoms with Crippen LogP contribution >= 0.6 is 34.7 Å². The fraction of sp³-hybridized carbons (Fsp3) is 0.200. The minimum Gasteiger partial charge on any atom is -0.367 e. The molecule has 3 aromatic carbocycles. The molecule has 1 fully saturated rings. The van der Waals surface area contributed by atoms with Crippen molar-refractivity contribution in [1.29, 1.82) is 0 Å². The van der Waals surface area contributed by atoms with Gasteiger partial charge in [0.05, 0.1) is 16.5 Å². The Labute approximate surface area is 246 Å². The smallest absolute Gasteiger partial charge is 0.273 e. The first-order chi connectivity index (χ1) is 19.7. The second kappa shape index (κ2) is 12.2. The van der Waals surface area contributed by atoms with Gasteiger partial charge in [0.15, 0.2) is 5.16 Å². The lowest BCUT2D eigenvalue weighted by Gasteiger charge is -2.36. The molecule has 6 rings (SSSR count). The van der Waals surface area contributed by atoms with Crippen molar-refractivity contribution in [3.63, 3.8) is 0 Å². The van der Waals surface area contributed by atoms with E-state index in [0.29, 0.717) is 31.0 Å². The van der Waals surface area contributed by atoms with E-state index in [1.807, 2.05) is 70.9 Å². The number of anilines is 1. The molecule has 1 aliphatic rings. The number of amides is 1. The van der Waals surface area contributed by atoms with Crippen molar-refractivity contribution < 1.29 is 4.79 Å². The van der Waals surface area contributed by atoms with Crippen LogP contribution in [-0.4, -0.2) is 56.7 Å². The molecule has 0 bridgehead atoms. The minimum atomic E-state index is -0.0242. The first-order valence-corrected chi connectivity index (χ1v) is 15.3. The zero-order valence-corrected chi connectivity index (χ0v) is 24.1. The standard InChI is InChI=1S/C30H27ClN6OS2/c31-24-13-7-8-14-26(24)35-15-17-36(18-16-35)29(38)25-20-39-28(32-25)21-40-30-34-33-27(19-22-9-3-1-4-10-22)37(30)23-11-5-2-6-12-23/h1-14,20H,15-19,21H2. The zero-order chi connectivity index (χ0) is 27.3. The number of aromatic nitrogens is 4. The molecule has 0 spiro atoms. The van der Waals surface area contributed by atoms with Crippen LogP contribution < -0.4 is 4.90 Å². The summed E-state index contributed by atoms with van der Waals surface area (Å²) in [6.07, 6.45) is 0.683. The Kier molecular flexibility index (Phi) is 8.13. The lowest BCUT2D eigenvalue weighted by atomic mass is 10.1. The van der Waals surface area contributed by atoms with Gasteiger partial charge in [0.2, 0.25) is 0 Å². The topological polar surface area (TPSA) is 67.2 Å². The molecule has 1 saturated heterocycles. The molecule has 3 heterocycles. The van der Waals surface area contributed by atoms with Crippen LogP contribution in [0.25, 0.3) is 5.69 Å². The zero-order valence-electron chi connectivity index (χ0n) is 21.7. The third-order valence-electron chi connectivity index (χ3n) is 6.78. The number of piperazine rings is 1. The van der Waals surface area contributed by atoms with Crippen molar-refractivity contribution in [1.82, 2.24) is 24.6 Å². The van der Waals surface area contributed by atoms with Crippen LogP contribution in [0.2, 0.25) is 5.02 Å². The molecule has 2 aromatic heterocycles. The average Bonchev–Trinajstić information content (AvgIpc) is 3.64. The summed E-state index contributed by atoms with van der Waals surface area (Å²) >= 11 is 9.45. The number of benzene rings is 3. The Morgan fingerprint density at radius 3 is 2.33 bits per heavy atom. The fourth-order valence-corrected chi connectivity index (χ4v) is 6.76. The van der Waals surface area contributed by atoms with E-state index >= 15 is 0 Å². The monoisotopic (exact) mass is 586 g/mol. The third-order valence-corrected chi connectivity index (χ3v) is 9.07. The van der Waals surface area contributed by atoms with Crippen LogP contribution in [-0.2, 0) is 12.2 Å². The van der Waals surface area contributed by atoms with Crippen molar-refractivity contribution in [3.8, 4) is 5.69 Å². The maximum absolute atomic E-state index is 13.2.